The molecule has 5 nitrogen and oxygen atoms in total. The maximum Gasteiger partial charge on any atom is 0.410 e. The molecule has 1 rings (SSSR count). The van der Waals surface area contributed by atoms with Crippen molar-refractivity contribution in [1.29, 1.82) is 0 Å². The second-order valence-corrected chi connectivity index (χ2v) is 2.88. The van der Waals surface area contributed by atoms with Gasteiger partial charge in [0.1, 0.15) is 6.54 Å². The van der Waals surface area contributed by atoms with Crippen LogP contribution in [-0.4, -0.2) is 23.7 Å². The number of alkyl halides is 1. The number of amides is 1. The first kappa shape index (κ1) is 12.0. The SMILES string of the molecule is O=C(O)CNC(=O)O[C@H](F)c1ccccc1. The summed E-state index contributed by atoms with van der Waals surface area (Å²) in [6.45, 7) is -0.611. The van der Waals surface area contributed by atoms with Gasteiger partial charge in [-0.15, -0.1) is 0 Å². The number of nitrogens with one attached hydrogen (secondary N) is 1. The van der Waals surface area contributed by atoms with Gasteiger partial charge in [0, 0.05) is 5.56 Å². The highest BCUT2D eigenvalue weighted by atomic mass is 19.1. The van der Waals surface area contributed by atoms with Crippen LogP contribution in [0, 0.1) is 0 Å². The number of hydrogen-bond acceptors (Lipinski definition) is 3. The van der Waals surface area contributed by atoms with Gasteiger partial charge in [-0.1, -0.05) is 30.3 Å². The first-order valence-corrected chi connectivity index (χ1v) is 4.45. The Morgan fingerprint density at radius 2 is 2.00 bits per heavy atom. The number of halogens is 1. The predicted molar refractivity (Wildman–Crippen MR) is 52.4 cm³/mol. The van der Waals surface area contributed by atoms with E-state index < -0.39 is 25.0 Å². The molecule has 16 heavy (non-hydrogen) atoms. The maximum atomic E-state index is 13.3. The predicted octanol–water partition coefficient (Wildman–Crippen LogP) is 1.47. The zero-order valence-electron chi connectivity index (χ0n) is 8.22. The van der Waals surface area contributed by atoms with Crippen molar-refractivity contribution in [3.05, 3.63) is 35.9 Å². The molecule has 86 valence electrons. The van der Waals surface area contributed by atoms with E-state index in [1.54, 1.807) is 18.2 Å². The third kappa shape index (κ3) is 3.95. The van der Waals surface area contributed by atoms with E-state index in [4.69, 9.17) is 5.11 Å². The topological polar surface area (TPSA) is 75.6 Å². The average molecular weight is 227 g/mol. The molecule has 1 aromatic rings. The van der Waals surface area contributed by atoms with Crippen LogP contribution in [0.3, 0.4) is 0 Å². The summed E-state index contributed by atoms with van der Waals surface area (Å²) in [7, 11) is 0. The quantitative estimate of drug-likeness (QED) is 0.816. The lowest BCUT2D eigenvalue weighted by Crippen LogP contribution is -2.30. The molecule has 0 radical (unpaired) electrons. The van der Waals surface area contributed by atoms with Gasteiger partial charge in [-0.3, -0.25) is 4.79 Å². The fourth-order valence-electron chi connectivity index (χ4n) is 0.956. The van der Waals surface area contributed by atoms with Crippen molar-refractivity contribution in [2.24, 2.45) is 0 Å². The van der Waals surface area contributed by atoms with E-state index in [0.717, 1.165) is 0 Å². The largest absolute Gasteiger partial charge is 0.480 e. The molecule has 1 aromatic carbocycles. The van der Waals surface area contributed by atoms with Gasteiger partial charge in [0.15, 0.2) is 0 Å². The molecule has 2 N–H and O–H groups in total. The number of alkyl carbamates (subject to hydrolysis) is 1. The van der Waals surface area contributed by atoms with Crippen molar-refractivity contribution in [3.63, 3.8) is 0 Å². The lowest BCUT2D eigenvalue weighted by molar-refractivity contribution is -0.136. The monoisotopic (exact) mass is 227 g/mol. The van der Waals surface area contributed by atoms with Crippen LogP contribution in [0.15, 0.2) is 30.3 Å². The van der Waals surface area contributed by atoms with Gasteiger partial charge < -0.3 is 15.2 Å². The zero-order chi connectivity index (χ0) is 12.0. The lowest BCUT2D eigenvalue weighted by Gasteiger charge is -2.09. The number of rotatable bonds is 4. The van der Waals surface area contributed by atoms with Gasteiger partial charge in [-0.05, 0) is 0 Å². The molecule has 0 unspecified atom stereocenters. The second-order valence-electron chi connectivity index (χ2n) is 2.88. The number of carbonyl (C=O) groups excluding carboxylic acids is 1. The molecule has 1 amide bonds. The molecule has 0 aliphatic rings. The minimum absolute atomic E-state index is 0.188. The van der Waals surface area contributed by atoms with Crippen LogP contribution in [0.5, 0.6) is 0 Å². The van der Waals surface area contributed by atoms with Crippen molar-refractivity contribution in [3.8, 4) is 0 Å². The molecule has 0 heterocycles. The number of aliphatic carboxylic acids is 1. The fourth-order valence-corrected chi connectivity index (χ4v) is 0.956. The summed E-state index contributed by atoms with van der Waals surface area (Å²) < 4.78 is 17.6. The van der Waals surface area contributed by atoms with Crippen molar-refractivity contribution >= 4 is 12.1 Å². The third-order valence-corrected chi connectivity index (χ3v) is 1.66. The minimum atomic E-state index is -1.91. The van der Waals surface area contributed by atoms with Gasteiger partial charge in [0.25, 0.3) is 6.36 Å². The number of carbonyl (C=O) groups is 2. The van der Waals surface area contributed by atoms with Crippen LogP contribution in [0.1, 0.15) is 11.9 Å². The van der Waals surface area contributed by atoms with Crippen LogP contribution in [0.25, 0.3) is 0 Å². The third-order valence-electron chi connectivity index (χ3n) is 1.66. The lowest BCUT2D eigenvalue weighted by atomic mass is 10.2. The molecule has 0 saturated heterocycles. The standard InChI is InChI=1S/C10H10FNO4/c11-9(7-4-2-1-3-5-7)16-10(15)12-6-8(13)14/h1-5,9H,6H2,(H,12,15)(H,13,14)/t9-/m0/s1. The Balaban J connectivity index is 2.43. The summed E-state index contributed by atoms with van der Waals surface area (Å²) in [6.07, 6.45) is -3.02. The number of benzene rings is 1. The number of hydrogen-bond donors (Lipinski definition) is 2. The van der Waals surface area contributed by atoms with E-state index in [1.807, 2.05) is 5.32 Å². The Kier molecular flexibility index (Phi) is 4.26. The Morgan fingerprint density at radius 3 is 2.56 bits per heavy atom. The molecule has 6 heteroatoms. The number of carboxylic acid groups (broad SMARTS) is 1. The summed E-state index contributed by atoms with van der Waals surface area (Å²) in [5, 5.41) is 10.1. The molecule has 0 fully saturated rings. The Morgan fingerprint density at radius 1 is 1.38 bits per heavy atom. The van der Waals surface area contributed by atoms with Crippen molar-refractivity contribution in [2.75, 3.05) is 6.54 Å². The van der Waals surface area contributed by atoms with E-state index >= 15 is 0 Å². The molecule has 0 aliphatic heterocycles. The smallest absolute Gasteiger partial charge is 0.410 e. The minimum Gasteiger partial charge on any atom is -0.480 e. The van der Waals surface area contributed by atoms with E-state index in [0.29, 0.717) is 0 Å². The molecule has 0 spiro atoms. The van der Waals surface area contributed by atoms with Gasteiger partial charge in [0.05, 0.1) is 0 Å². The maximum absolute atomic E-state index is 13.3. The van der Waals surface area contributed by atoms with Crippen LogP contribution >= 0.6 is 0 Å². The van der Waals surface area contributed by atoms with E-state index in [9.17, 15) is 14.0 Å². The summed E-state index contributed by atoms with van der Waals surface area (Å²) in [4.78, 5) is 21.0. The van der Waals surface area contributed by atoms with Gasteiger partial charge >= 0.3 is 12.1 Å². The second kappa shape index (κ2) is 5.69. The summed E-state index contributed by atoms with van der Waals surface area (Å²) >= 11 is 0. The van der Waals surface area contributed by atoms with Crippen LogP contribution in [-0.2, 0) is 9.53 Å². The summed E-state index contributed by atoms with van der Waals surface area (Å²) in [5.74, 6) is -1.23. The Labute approximate surface area is 90.8 Å². The van der Waals surface area contributed by atoms with Crippen LogP contribution in [0.2, 0.25) is 0 Å². The Bertz CT molecular complexity index is 368. The van der Waals surface area contributed by atoms with E-state index in [2.05, 4.69) is 4.74 Å². The first-order chi connectivity index (χ1) is 7.59. The molecule has 0 bridgehead atoms. The van der Waals surface area contributed by atoms with E-state index in [1.165, 1.54) is 12.1 Å². The summed E-state index contributed by atoms with van der Waals surface area (Å²) in [6, 6.07) is 7.80. The van der Waals surface area contributed by atoms with Crippen LogP contribution in [0.4, 0.5) is 9.18 Å². The van der Waals surface area contributed by atoms with E-state index in [-0.39, 0.29) is 5.56 Å². The molecule has 0 aliphatic carbocycles. The number of ether oxygens (including phenoxy) is 1. The number of carboxylic acids is 1. The highest BCUT2D eigenvalue weighted by molar-refractivity contribution is 5.76. The van der Waals surface area contributed by atoms with Gasteiger partial charge in [-0.2, -0.15) is 4.39 Å². The highest BCUT2D eigenvalue weighted by Gasteiger charge is 2.14. The fraction of sp³-hybridized carbons (Fsp3) is 0.200. The zero-order valence-corrected chi connectivity index (χ0v) is 8.22. The average Bonchev–Trinajstić information content (AvgIpc) is 2.27. The normalized spacial score (nSPS) is 11.6. The van der Waals surface area contributed by atoms with Crippen molar-refractivity contribution in [2.45, 2.75) is 6.36 Å². The van der Waals surface area contributed by atoms with Crippen molar-refractivity contribution < 1.29 is 23.8 Å². The molecule has 0 aromatic heterocycles. The van der Waals surface area contributed by atoms with Gasteiger partial charge in [0.2, 0.25) is 0 Å². The molecular formula is C10H10FNO4. The molecule has 1 atom stereocenters. The van der Waals surface area contributed by atoms with Gasteiger partial charge in [-0.25, -0.2) is 4.79 Å². The van der Waals surface area contributed by atoms with Crippen LogP contribution < -0.4 is 5.32 Å². The highest BCUT2D eigenvalue weighted by Crippen LogP contribution is 2.17. The molecule has 0 saturated carbocycles. The molecular weight excluding hydrogens is 217 g/mol. The van der Waals surface area contributed by atoms with Crippen molar-refractivity contribution in [1.82, 2.24) is 5.32 Å². The summed E-state index contributed by atoms with van der Waals surface area (Å²) in [5.41, 5.74) is 0.188. The first-order valence-electron chi connectivity index (χ1n) is 4.45. The Hall–Kier alpha value is -2.11.